The molecule has 1 aromatic heterocycles. The molecule has 0 unspecified atom stereocenters. The predicted molar refractivity (Wildman–Crippen MR) is 100 cm³/mol. The molecule has 0 spiro atoms. The number of fused-ring (bicyclic) bond motifs is 1. The van der Waals surface area contributed by atoms with Crippen molar-refractivity contribution in [2.24, 2.45) is 0 Å². The van der Waals surface area contributed by atoms with Crippen LogP contribution in [-0.4, -0.2) is 22.1 Å². The maximum absolute atomic E-state index is 12.6. The van der Waals surface area contributed by atoms with Gasteiger partial charge in [-0.1, -0.05) is 12.1 Å². The van der Waals surface area contributed by atoms with Gasteiger partial charge in [-0.25, -0.2) is 4.98 Å². The molecule has 0 aliphatic rings. The molecule has 1 amide bonds. The van der Waals surface area contributed by atoms with E-state index in [1.807, 2.05) is 19.9 Å². The molecule has 0 saturated carbocycles. The Hall–Kier alpha value is -3.35. The smallest absolute Gasteiger partial charge is 0.269 e. The van der Waals surface area contributed by atoms with Crippen molar-refractivity contribution in [3.63, 3.8) is 0 Å². The Morgan fingerprint density at radius 1 is 1.12 bits per heavy atom. The zero-order chi connectivity index (χ0) is 18.5. The fourth-order valence-electron chi connectivity index (χ4n) is 2.61. The van der Waals surface area contributed by atoms with Crippen LogP contribution in [0.1, 0.15) is 24.2 Å². The molecule has 26 heavy (non-hydrogen) atoms. The van der Waals surface area contributed by atoms with Gasteiger partial charge in [0.15, 0.2) is 0 Å². The Kier molecular flexibility index (Phi) is 5.17. The van der Waals surface area contributed by atoms with Crippen molar-refractivity contribution < 1.29 is 9.53 Å². The number of hydrazine groups is 1. The molecule has 2 N–H and O–H groups in total. The highest BCUT2D eigenvalue weighted by Gasteiger charge is 2.11. The molecular formula is C19H20N4O3. The number of aromatic nitrogens is 2. The molecule has 3 aromatic rings. The van der Waals surface area contributed by atoms with E-state index in [4.69, 9.17) is 4.74 Å². The number of para-hydroxylation sites is 1. The quantitative estimate of drug-likeness (QED) is 0.666. The van der Waals surface area contributed by atoms with Gasteiger partial charge in [0.25, 0.3) is 11.5 Å². The number of anilines is 1. The first-order valence-corrected chi connectivity index (χ1v) is 8.42. The first kappa shape index (κ1) is 17.5. The molecule has 2 aromatic carbocycles. The van der Waals surface area contributed by atoms with Gasteiger partial charge in [-0.15, -0.1) is 0 Å². The summed E-state index contributed by atoms with van der Waals surface area (Å²) in [5.41, 5.74) is 6.22. The van der Waals surface area contributed by atoms with Crippen molar-refractivity contribution in [1.82, 2.24) is 15.0 Å². The summed E-state index contributed by atoms with van der Waals surface area (Å²) in [7, 11) is 0. The van der Waals surface area contributed by atoms with E-state index in [1.54, 1.807) is 42.5 Å². The lowest BCUT2D eigenvalue weighted by molar-refractivity contribution is 0.0962. The number of nitrogens with zero attached hydrogens (tertiary/aromatic N) is 2. The summed E-state index contributed by atoms with van der Waals surface area (Å²) in [4.78, 5) is 29.3. The van der Waals surface area contributed by atoms with Gasteiger partial charge in [0, 0.05) is 12.1 Å². The van der Waals surface area contributed by atoms with Gasteiger partial charge >= 0.3 is 0 Å². The van der Waals surface area contributed by atoms with Crippen molar-refractivity contribution in [2.75, 3.05) is 12.0 Å². The molecule has 0 aliphatic carbocycles. The van der Waals surface area contributed by atoms with Crippen LogP contribution in [0.15, 0.2) is 53.3 Å². The van der Waals surface area contributed by atoms with Crippen LogP contribution in [0.2, 0.25) is 0 Å². The highest BCUT2D eigenvalue weighted by atomic mass is 16.5. The molecule has 134 valence electrons. The average Bonchev–Trinajstić information content (AvgIpc) is 2.67. The summed E-state index contributed by atoms with van der Waals surface area (Å²) < 4.78 is 6.83. The van der Waals surface area contributed by atoms with Crippen molar-refractivity contribution >= 4 is 22.8 Å². The number of amides is 1. The van der Waals surface area contributed by atoms with Crippen LogP contribution in [0.5, 0.6) is 5.75 Å². The van der Waals surface area contributed by atoms with E-state index < -0.39 is 0 Å². The van der Waals surface area contributed by atoms with Crippen LogP contribution >= 0.6 is 0 Å². The molecule has 0 aliphatic heterocycles. The largest absolute Gasteiger partial charge is 0.494 e. The Morgan fingerprint density at radius 2 is 1.85 bits per heavy atom. The van der Waals surface area contributed by atoms with Crippen molar-refractivity contribution in [1.29, 1.82) is 0 Å². The lowest BCUT2D eigenvalue weighted by Gasteiger charge is -2.14. The third-order valence-corrected chi connectivity index (χ3v) is 3.89. The van der Waals surface area contributed by atoms with E-state index in [-0.39, 0.29) is 17.4 Å². The van der Waals surface area contributed by atoms with E-state index in [0.717, 1.165) is 0 Å². The maximum atomic E-state index is 12.6. The van der Waals surface area contributed by atoms with Gasteiger partial charge in [-0.05, 0) is 50.2 Å². The Bertz CT molecular complexity index is 980. The first-order chi connectivity index (χ1) is 12.6. The van der Waals surface area contributed by atoms with Gasteiger partial charge in [-0.2, -0.15) is 0 Å². The molecule has 7 nitrogen and oxygen atoms in total. The Balaban J connectivity index is 1.80. The maximum Gasteiger partial charge on any atom is 0.269 e. The number of carbonyl (C=O) groups is 1. The molecule has 1 heterocycles. The number of hydrogen-bond acceptors (Lipinski definition) is 5. The monoisotopic (exact) mass is 352 g/mol. The van der Waals surface area contributed by atoms with Gasteiger partial charge in [-0.3, -0.25) is 25.0 Å². The summed E-state index contributed by atoms with van der Waals surface area (Å²) >= 11 is 0. The minimum absolute atomic E-state index is 0.157. The minimum Gasteiger partial charge on any atom is -0.494 e. The van der Waals surface area contributed by atoms with Gasteiger partial charge in [0.1, 0.15) is 5.75 Å². The van der Waals surface area contributed by atoms with Crippen LogP contribution in [0.4, 0.5) is 5.95 Å². The second-order valence-electron chi connectivity index (χ2n) is 5.54. The SMILES string of the molecule is CCOc1ccc(C(=O)NNc2nc3ccccc3c(=O)n2CC)cc1. The summed E-state index contributed by atoms with van der Waals surface area (Å²) in [6, 6.07) is 13.9. The van der Waals surface area contributed by atoms with Crippen LogP contribution in [0.3, 0.4) is 0 Å². The first-order valence-electron chi connectivity index (χ1n) is 8.42. The zero-order valence-corrected chi connectivity index (χ0v) is 14.7. The number of rotatable bonds is 6. The highest BCUT2D eigenvalue weighted by Crippen LogP contribution is 2.13. The fraction of sp³-hybridized carbons (Fsp3) is 0.211. The highest BCUT2D eigenvalue weighted by molar-refractivity contribution is 5.94. The third kappa shape index (κ3) is 3.51. The van der Waals surface area contributed by atoms with Crippen LogP contribution in [-0.2, 0) is 6.54 Å². The Morgan fingerprint density at radius 3 is 2.54 bits per heavy atom. The van der Waals surface area contributed by atoms with Crippen LogP contribution in [0.25, 0.3) is 10.9 Å². The molecule has 0 radical (unpaired) electrons. The van der Waals surface area contributed by atoms with Crippen LogP contribution in [0, 0.1) is 0 Å². The van der Waals surface area contributed by atoms with E-state index in [9.17, 15) is 9.59 Å². The van der Waals surface area contributed by atoms with Crippen LogP contribution < -0.4 is 21.1 Å². The van der Waals surface area contributed by atoms with E-state index in [2.05, 4.69) is 15.8 Å². The average molecular weight is 352 g/mol. The standard InChI is InChI=1S/C19H20N4O3/c1-3-23-18(25)15-7-5-6-8-16(15)20-19(23)22-21-17(24)13-9-11-14(12-10-13)26-4-2/h5-12H,3-4H2,1-2H3,(H,20,22)(H,21,24). The van der Waals surface area contributed by atoms with Crippen molar-refractivity contribution in [3.05, 3.63) is 64.4 Å². The number of nitrogens with one attached hydrogen (secondary N) is 2. The lowest BCUT2D eigenvalue weighted by Crippen LogP contribution is -2.34. The summed E-state index contributed by atoms with van der Waals surface area (Å²) in [6.07, 6.45) is 0. The third-order valence-electron chi connectivity index (χ3n) is 3.89. The molecule has 7 heteroatoms. The van der Waals surface area contributed by atoms with E-state index >= 15 is 0 Å². The van der Waals surface area contributed by atoms with E-state index in [0.29, 0.717) is 35.4 Å². The van der Waals surface area contributed by atoms with Crippen molar-refractivity contribution in [3.8, 4) is 5.75 Å². The molecule has 0 bridgehead atoms. The Labute approximate surface area is 150 Å². The molecule has 0 fully saturated rings. The summed E-state index contributed by atoms with van der Waals surface area (Å²) in [5.74, 6) is 0.654. The molecule has 0 atom stereocenters. The molecular weight excluding hydrogens is 332 g/mol. The van der Waals surface area contributed by atoms with Crippen molar-refractivity contribution in [2.45, 2.75) is 20.4 Å². The molecule has 3 rings (SSSR count). The predicted octanol–water partition coefficient (Wildman–Crippen LogP) is 2.57. The van der Waals surface area contributed by atoms with Gasteiger partial charge in [0.2, 0.25) is 5.95 Å². The van der Waals surface area contributed by atoms with Gasteiger partial charge in [0.05, 0.1) is 17.5 Å². The number of benzene rings is 2. The number of carbonyl (C=O) groups excluding carboxylic acids is 1. The topological polar surface area (TPSA) is 85.2 Å². The second-order valence-corrected chi connectivity index (χ2v) is 5.54. The fourth-order valence-corrected chi connectivity index (χ4v) is 2.61. The minimum atomic E-state index is -0.335. The number of hydrogen-bond donors (Lipinski definition) is 2. The second kappa shape index (κ2) is 7.69. The zero-order valence-electron chi connectivity index (χ0n) is 14.7. The normalized spacial score (nSPS) is 10.5. The number of ether oxygens (including phenoxy) is 1. The molecule has 0 saturated heterocycles. The lowest BCUT2D eigenvalue weighted by atomic mass is 10.2. The summed E-state index contributed by atoms with van der Waals surface area (Å²) in [5, 5.41) is 0.540. The summed E-state index contributed by atoms with van der Waals surface area (Å²) in [6.45, 7) is 4.73. The van der Waals surface area contributed by atoms with E-state index in [1.165, 1.54) is 4.57 Å². The van der Waals surface area contributed by atoms with Gasteiger partial charge < -0.3 is 4.74 Å².